The van der Waals surface area contributed by atoms with E-state index in [0.717, 1.165) is 16.3 Å². The number of aliphatic hydroxyl groups is 1. The van der Waals surface area contributed by atoms with Gasteiger partial charge in [-0.2, -0.15) is 0 Å². The van der Waals surface area contributed by atoms with Gasteiger partial charge in [0, 0.05) is 17.6 Å². The highest BCUT2D eigenvalue weighted by Gasteiger charge is 2.10. The molecule has 2 unspecified atom stereocenters. The van der Waals surface area contributed by atoms with E-state index in [4.69, 9.17) is 16.3 Å². The lowest BCUT2D eigenvalue weighted by molar-refractivity contribution is 0.104. The highest BCUT2D eigenvalue weighted by molar-refractivity contribution is 6.30. The summed E-state index contributed by atoms with van der Waals surface area (Å²) < 4.78 is 5.73. The van der Waals surface area contributed by atoms with Gasteiger partial charge in [-0.05, 0) is 60.7 Å². The van der Waals surface area contributed by atoms with Gasteiger partial charge in [0.2, 0.25) is 0 Å². The maximum Gasteiger partial charge on any atom is 0.119 e. The molecule has 0 spiro atoms. The summed E-state index contributed by atoms with van der Waals surface area (Å²) in [5.74, 6) is 1.30. The Balaban J connectivity index is 1.79. The van der Waals surface area contributed by atoms with Crippen LogP contribution in [0.4, 0.5) is 0 Å². The summed E-state index contributed by atoms with van der Waals surface area (Å²) in [6.07, 6.45) is -0.570. The molecule has 0 amide bonds. The van der Waals surface area contributed by atoms with Crippen molar-refractivity contribution in [3.05, 3.63) is 64.2 Å². The predicted molar refractivity (Wildman–Crippen MR) is 105 cm³/mol. The molecule has 2 N–H and O–H groups in total. The van der Waals surface area contributed by atoms with E-state index in [0.29, 0.717) is 12.5 Å². The maximum absolute atomic E-state index is 10.2. The van der Waals surface area contributed by atoms with Crippen molar-refractivity contribution in [1.82, 2.24) is 5.32 Å². The van der Waals surface area contributed by atoms with Gasteiger partial charge in [0.1, 0.15) is 18.5 Å². The van der Waals surface area contributed by atoms with Gasteiger partial charge in [-0.1, -0.05) is 43.6 Å². The van der Waals surface area contributed by atoms with Crippen LogP contribution in [0, 0.1) is 6.92 Å². The zero-order valence-electron chi connectivity index (χ0n) is 15.4. The molecule has 0 saturated carbocycles. The Morgan fingerprint density at radius 1 is 1.08 bits per heavy atom. The molecule has 2 rings (SSSR count). The third-order valence-corrected chi connectivity index (χ3v) is 4.59. The summed E-state index contributed by atoms with van der Waals surface area (Å²) in [6, 6.07) is 14.0. The highest BCUT2D eigenvalue weighted by Crippen LogP contribution is 2.23. The Morgan fingerprint density at radius 2 is 1.76 bits per heavy atom. The standard InChI is InChI=1S/C21H28ClNO2/c1-14(2)21-10-9-20(11-15(21)3)25-13-19(24)12-23-16(4)17-5-7-18(22)8-6-17/h5-11,14,16,19,23-24H,12-13H2,1-4H3. The van der Waals surface area contributed by atoms with Crippen LogP contribution in [-0.4, -0.2) is 24.4 Å². The topological polar surface area (TPSA) is 41.5 Å². The fourth-order valence-electron chi connectivity index (χ4n) is 2.82. The Hall–Kier alpha value is -1.55. The van der Waals surface area contributed by atoms with Crippen molar-refractivity contribution >= 4 is 11.6 Å². The largest absolute Gasteiger partial charge is 0.491 e. The summed E-state index contributed by atoms with van der Waals surface area (Å²) >= 11 is 5.90. The van der Waals surface area contributed by atoms with Crippen molar-refractivity contribution in [1.29, 1.82) is 0 Å². The summed E-state index contributed by atoms with van der Waals surface area (Å²) in [6.45, 7) is 9.24. The fourth-order valence-corrected chi connectivity index (χ4v) is 2.95. The Morgan fingerprint density at radius 3 is 2.36 bits per heavy atom. The van der Waals surface area contributed by atoms with E-state index < -0.39 is 6.10 Å². The molecule has 0 aliphatic rings. The van der Waals surface area contributed by atoms with Crippen molar-refractivity contribution in [3.63, 3.8) is 0 Å². The number of hydrogen-bond acceptors (Lipinski definition) is 3. The van der Waals surface area contributed by atoms with E-state index in [2.05, 4.69) is 39.1 Å². The lowest BCUT2D eigenvalue weighted by Crippen LogP contribution is -2.33. The average Bonchev–Trinajstić information content (AvgIpc) is 2.58. The molecule has 0 radical (unpaired) electrons. The van der Waals surface area contributed by atoms with Crippen LogP contribution in [0.15, 0.2) is 42.5 Å². The Kier molecular flexibility index (Phi) is 7.30. The van der Waals surface area contributed by atoms with Crippen LogP contribution >= 0.6 is 11.6 Å². The molecule has 0 heterocycles. The quantitative estimate of drug-likeness (QED) is 0.705. The van der Waals surface area contributed by atoms with E-state index in [1.807, 2.05) is 36.4 Å². The first kappa shape index (κ1) is 19.8. The minimum absolute atomic E-state index is 0.138. The molecule has 3 nitrogen and oxygen atoms in total. The SMILES string of the molecule is Cc1cc(OCC(O)CNC(C)c2ccc(Cl)cc2)ccc1C(C)C. The average molecular weight is 362 g/mol. The molecule has 0 aromatic heterocycles. The van der Waals surface area contributed by atoms with Crippen LogP contribution < -0.4 is 10.1 Å². The van der Waals surface area contributed by atoms with Crippen LogP contribution in [0.1, 0.15) is 49.4 Å². The van der Waals surface area contributed by atoms with Gasteiger partial charge in [0.15, 0.2) is 0 Å². The number of benzene rings is 2. The first-order chi connectivity index (χ1) is 11.9. The van der Waals surface area contributed by atoms with E-state index in [-0.39, 0.29) is 12.6 Å². The molecule has 0 aliphatic heterocycles. The number of rotatable bonds is 8. The summed E-state index contributed by atoms with van der Waals surface area (Å²) in [7, 11) is 0. The van der Waals surface area contributed by atoms with Crippen LogP contribution in [-0.2, 0) is 0 Å². The predicted octanol–water partition coefficient (Wildman–Crippen LogP) is 4.86. The van der Waals surface area contributed by atoms with Gasteiger partial charge in [-0.3, -0.25) is 0 Å². The van der Waals surface area contributed by atoms with E-state index >= 15 is 0 Å². The van der Waals surface area contributed by atoms with Crippen molar-refractivity contribution < 1.29 is 9.84 Å². The molecule has 0 bridgehead atoms. The summed E-state index contributed by atoms with van der Waals surface area (Å²) in [4.78, 5) is 0. The lowest BCUT2D eigenvalue weighted by atomic mass is 9.98. The molecule has 25 heavy (non-hydrogen) atoms. The second-order valence-electron chi connectivity index (χ2n) is 6.82. The van der Waals surface area contributed by atoms with Gasteiger partial charge in [0.25, 0.3) is 0 Å². The number of ether oxygens (including phenoxy) is 1. The van der Waals surface area contributed by atoms with E-state index in [9.17, 15) is 5.11 Å². The monoisotopic (exact) mass is 361 g/mol. The highest BCUT2D eigenvalue weighted by atomic mass is 35.5. The van der Waals surface area contributed by atoms with Crippen LogP contribution in [0.2, 0.25) is 5.02 Å². The number of aryl methyl sites for hydroxylation is 1. The smallest absolute Gasteiger partial charge is 0.119 e. The number of hydrogen-bond donors (Lipinski definition) is 2. The molecule has 0 aliphatic carbocycles. The van der Waals surface area contributed by atoms with Crippen LogP contribution in [0.3, 0.4) is 0 Å². The van der Waals surface area contributed by atoms with E-state index in [1.165, 1.54) is 11.1 Å². The normalized spacial score (nSPS) is 13.7. The number of halogens is 1. The van der Waals surface area contributed by atoms with Gasteiger partial charge in [-0.25, -0.2) is 0 Å². The molecular weight excluding hydrogens is 334 g/mol. The third-order valence-electron chi connectivity index (χ3n) is 4.34. The molecule has 2 aromatic rings. The van der Waals surface area contributed by atoms with Gasteiger partial charge in [-0.15, -0.1) is 0 Å². The summed E-state index contributed by atoms with van der Waals surface area (Å²) in [5, 5.41) is 14.2. The second-order valence-corrected chi connectivity index (χ2v) is 7.26. The summed E-state index contributed by atoms with van der Waals surface area (Å²) in [5.41, 5.74) is 3.68. The number of aliphatic hydroxyl groups excluding tert-OH is 1. The van der Waals surface area contributed by atoms with Crippen molar-refractivity contribution in [2.45, 2.75) is 45.8 Å². The molecule has 0 saturated heterocycles. The lowest BCUT2D eigenvalue weighted by Gasteiger charge is -2.18. The van der Waals surface area contributed by atoms with Crippen molar-refractivity contribution in [3.8, 4) is 5.75 Å². The van der Waals surface area contributed by atoms with Crippen molar-refractivity contribution in [2.24, 2.45) is 0 Å². The maximum atomic E-state index is 10.2. The molecule has 0 fully saturated rings. The molecular formula is C21H28ClNO2. The zero-order valence-corrected chi connectivity index (χ0v) is 16.2. The molecule has 2 atom stereocenters. The van der Waals surface area contributed by atoms with E-state index in [1.54, 1.807) is 0 Å². The first-order valence-electron chi connectivity index (χ1n) is 8.77. The third kappa shape index (κ3) is 6.03. The zero-order chi connectivity index (χ0) is 18.4. The Bertz CT molecular complexity index is 670. The minimum Gasteiger partial charge on any atom is -0.491 e. The van der Waals surface area contributed by atoms with Crippen LogP contribution in [0.5, 0.6) is 5.75 Å². The van der Waals surface area contributed by atoms with Gasteiger partial charge < -0.3 is 15.2 Å². The number of nitrogens with one attached hydrogen (secondary N) is 1. The first-order valence-corrected chi connectivity index (χ1v) is 9.15. The molecule has 136 valence electrons. The second kappa shape index (κ2) is 9.23. The fraction of sp³-hybridized carbons (Fsp3) is 0.429. The van der Waals surface area contributed by atoms with Crippen LogP contribution in [0.25, 0.3) is 0 Å². The van der Waals surface area contributed by atoms with Gasteiger partial charge in [0.05, 0.1) is 0 Å². The minimum atomic E-state index is -0.570. The van der Waals surface area contributed by atoms with Gasteiger partial charge >= 0.3 is 0 Å². The Labute approximate surface area is 156 Å². The molecule has 2 aromatic carbocycles. The van der Waals surface area contributed by atoms with Crippen molar-refractivity contribution in [2.75, 3.05) is 13.2 Å². The molecule has 4 heteroatoms.